The number of nitrogens with one attached hydrogen (secondary N) is 1. The van der Waals surface area contributed by atoms with E-state index in [1.165, 1.54) is 0 Å². The smallest absolute Gasteiger partial charge is 0.239 e. The Bertz CT molecular complexity index is 854. The zero-order chi connectivity index (χ0) is 20.1. The molecule has 6 nitrogen and oxygen atoms in total. The molecule has 0 bridgehead atoms. The molecule has 148 valence electrons. The maximum atomic E-state index is 12.7. The van der Waals surface area contributed by atoms with Gasteiger partial charge in [-0.1, -0.05) is 17.7 Å². The van der Waals surface area contributed by atoms with E-state index < -0.39 is 5.92 Å². The number of rotatable bonds is 7. The zero-order valence-electron chi connectivity index (χ0n) is 15.9. The molecular formula is C21H23ClN2O4. The third-order valence-electron chi connectivity index (χ3n) is 4.65. The maximum Gasteiger partial charge on any atom is 0.239 e. The second-order valence-corrected chi connectivity index (χ2v) is 6.88. The van der Waals surface area contributed by atoms with Crippen molar-refractivity contribution in [3.05, 3.63) is 53.1 Å². The molecule has 28 heavy (non-hydrogen) atoms. The number of ether oxygens (including phenoxy) is 2. The first-order valence-electron chi connectivity index (χ1n) is 9.18. The molecule has 1 unspecified atom stereocenters. The minimum atomic E-state index is -0.680. The fourth-order valence-corrected chi connectivity index (χ4v) is 3.34. The fourth-order valence-electron chi connectivity index (χ4n) is 3.21. The van der Waals surface area contributed by atoms with Crippen molar-refractivity contribution in [3.8, 4) is 11.5 Å². The highest BCUT2D eigenvalue weighted by atomic mass is 35.5. The summed E-state index contributed by atoms with van der Waals surface area (Å²) in [7, 11) is 1.57. The Hall–Kier alpha value is -2.73. The molecule has 1 N–H and O–H groups in total. The van der Waals surface area contributed by atoms with Gasteiger partial charge in [-0.3, -0.25) is 9.59 Å². The summed E-state index contributed by atoms with van der Waals surface area (Å²) < 4.78 is 10.8. The Morgan fingerprint density at radius 3 is 2.64 bits per heavy atom. The normalized spacial score (nSPS) is 16.2. The number of benzene rings is 2. The summed E-state index contributed by atoms with van der Waals surface area (Å²) >= 11 is 5.90. The number of anilines is 1. The van der Waals surface area contributed by atoms with Crippen LogP contribution in [0.2, 0.25) is 5.02 Å². The molecule has 0 aliphatic carbocycles. The standard InChI is InChI=1S/C21H23ClN2O4/c1-3-28-18-9-4-14(12-19(18)27-2)13-23-20(25)17-10-11-24(21(17)26)16-7-5-15(22)6-8-16/h4-9,12,17H,3,10-11,13H2,1-2H3,(H,23,25). The molecule has 1 fully saturated rings. The number of hydrogen-bond acceptors (Lipinski definition) is 4. The van der Waals surface area contributed by atoms with E-state index in [9.17, 15) is 9.59 Å². The fraction of sp³-hybridized carbons (Fsp3) is 0.333. The number of carbonyl (C=O) groups excluding carboxylic acids is 2. The quantitative estimate of drug-likeness (QED) is 0.720. The highest BCUT2D eigenvalue weighted by molar-refractivity contribution is 6.30. The SMILES string of the molecule is CCOc1ccc(CNC(=O)C2CCN(c3ccc(Cl)cc3)C2=O)cc1OC. The van der Waals surface area contributed by atoms with Crippen LogP contribution in [0.1, 0.15) is 18.9 Å². The topological polar surface area (TPSA) is 67.9 Å². The summed E-state index contributed by atoms with van der Waals surface area (Å²) in [5.41, 5.74) is 1.62. The van der Waals surface area contributed by atoms with E-state index in [0.717, 1.165) is 11.3 Å². The number of amides is 2. The molecule has 0 spiro atoms. The Kier molecular flexibility index (Phi) is 6.41. The molecule has 0 saturated carbocycles. The zero-order valence-corrected chi connectivity index (χ0v) is 16.7. The van der Waals surface area contributed by atoms with Crippen LogP contribution in [-0.2, 0) is 16.1 Å². The van der Waals surface area contributed by atoms with Gasteiger partial charge >= 0.3 is 0 Å². The summed E-state index contributed by atoms with van der Waals surface area (Å²) in [4.78, 5) is 26.8. The van der Waals surface area contributed by atoms with E-state index in [4.69, 9.17) is 21.1 Å². The van der Waals surface area contributed by atoms with E-state index in [2.05, 4.69) is 5.32 Å². The van der Waals surface area contributed by atoms with Gasteiger partial charge in [0.25, 0.3) is 0 Å². The van der Waals surface area contributed by atoms with Gasteiger partial charge in [0.1, 0.15) is 5.92 Å². The van der Waals surface area contributed by atoms with Gasteiger partial charge in [-0.15, -0.1) is 0 Å². The van der Waals surface area contributed by atoms with Crippen LogP contribution in [0.4, 0.5) is 5.69 Å². The van der Waals surface area contributed by atoms with Crippen molar-refractivity contribution < 1.29 is 19.1 Å². The predicted octanol–water partition coefficient (Wildman–Crippen LogP) is 3.42. The summed E-state index contributed by atoms with van der Waals surface area (Å²) in [6.07, 6.45) is 0.486. The minimum Gasteiger partial charge on any atom is -0.493 e. The van der Waals surface area contributed by atoms with E-state index in [1.807, 2.05) is 25.1 Å². The largest absolute Gasteiger partial charge is 0.493 e. The van der Waals surface area contributed by atoms with Gasteiger partial charge in [0.05, 0.1) is 13.7 Å². The molecule has 1 aliphatic heterocycles. The summed E-state index contributed by atoms with van der Waals surface area (Å²) in [5, 5.41) is 3.46. The van der Waals surface area contributed by atoms with Crippen LogP contribution in [0.25, 0.3) is 0 Å². The molecule has 7 heteroatoms. The lowest BCUT2D eigenvalue weighted by molar-refractivity contribution is -0.132. The van der Waals surface area contributed by atoms with Crippen LogP contribution in [0.15, 0.2) is 42.5 Å². The first kappa shape index (κ1) is 20.0. The van der Waals surface area contributed by atoms with Crippen LogP contribution in [0.3, 0.4) is 0 Å². The molecule has 1 aliphatic rings. The molecule has 0 aromatic heterocycles. The first-order chi connectivity index (χ1) is 13.5. The number of halogens is 1. The van der Waals surface area contributed by atoms with Crippen LogP contribution < -0.4 is 19.7 Å². The van der Waals surface area contributed by atoms with Crippen molar-refractivity contribution >= 4 is 29.1 Å². The van der Waals surface area contributed by atoms with E-state index in [0.29, 0.717) is 42.6 Å². The average molecular weight is 403 g/mol. The maximum absolute atomic E-state index is 12.7. The minimum absolute atomic E-state index is 0.191. The van der Waals surface area contributed by atoms with Crippen LogP contribution in [-0.4, -0.2) is 32.1 Å². The number of methoxy groups -OCH3 is 1. The van der Waals surface area contributed by atoms with Crippen LogP contribution in [0, 0.1) is 5.92 Å². The van der Waals surface area contributed by atoms with Gasteiger partial charge in [0, 0.05) is 23.8 Å². The van der Waals surface area contributed by atoms with Gasteiger partial charge in [0.15, 0.2) is 11.5 Å². The lowest BCUT2D eigenvalue weighted by Gasteiger charge is -2.17. The lowest BCUT2D eigenvalue weighted by atomic mass is 10.1. The summed E-state index contributed by atoms with van der Waals surface area (Å²) in [5.74, 6) is 0.128. The molecule has 1 atom stereocenters. The van der Waals surface area contributed by atoms with Crippen LogP contribution in [0.5, 0.6) is 11.5 Å². The molecule has 2 amide bonds. The molecule has 0 radical (unpaired) electrons. The second kappa shape index (κ2) is 8.97. The highest BCUT2D eigenvalue weighted by Crippen LogP contribution is 2.29. The number of carbonyl (C=O) groups is 2. The molecule has 2 aromatic carbocycles. The van der Waals surface area contributed by atoms with Gasteiger partial charge in [-0.05, 0) is 55.3 Å². The molecule has 2 aromatic rings. The van der Waals surface area contributed by atoms with Gasteiger partial charge in [-0.25, -0.2) is 0 Å². The summed E-state index contributed by atoms with van der Waals surface area (Å²) in [6.45, 7) is 3.27. The van der Waals surface area contributed by atoms with E-state index >= 15 is 0 Å². The second-order valence-electron chi connectivity index (χ2n) is 6.44. The molecule has 3 rings (SSSR count). The average Bonchev–Trinajstić information content (AvgIpc) is 3.09. The van der Waals surface area contributed by atoms with Crippen molar-refractivity contribution in [2.24, 2.45) is 5.92 Å². The molecular weight excluding hydrogens is 380 g/mol. The Morgan fingerprint density at radius 2 is 1.96 bits per heavy atom. The van der Waals surface area contributed by atoms with Gasteiger partial charge in [-0.2, -0.15) is 0 Å². The lowest BCUT2D eigenvalue weighted by Crippen LogP contribution is -2.36. The number of nitrogens with zero attached hydrogens (tertiary/aromatic N) is 1. The van der Waals surface area contributed by atoms with E-state index in [1.54, 1.807) is 36.3 Å². The van der Waals surface area contributed by atoms with Gasteiger partial charge in [0.2, 0.25) is 11.8 Å². The number of hydrogen-bond donors (Lipinski definition) is 1. The Morgan fingerprint density at radius 1 is 1.21 bits per heavy atom. The Balaban J connectivity index is 1.61. The van der Waals surface area contributed by atoms with Crippen molar-refractivity contribution in [3.63, 3.8) is 0 Å². The summed E-state index contributed by atoms with van der Waals surface area (Å²) in [6, 6.07) is 12.5. The third kappa shape index (κ3) is 4.39. The van der Waals surface area contributed by atoms with Gasteiger partial charge < -0.3 is 19.7 Å². The van der Waals surface area contributed by atoms with Crippen LogP contribution >= 0.6 is 11.6 Å². The van der Waals surface area contributed by atoms with Crippen molar-refractivity contribution in [1.29, 1.82) is 0 Å². The third-order valence-corrected chi connectivity index (χ3v) is 4.91. The van der Waals surface area contributed by atoms with Crippen molar-refractivity contribution in [2.75, 3.05) is 25.2 Å². The highest BCUT2D eigenvalue weighted by Gasteiger charge is 2.37. The van der Waals surface area contributed by atoms with Crippen molar-refractivity contribution in [2.45, 2.75) is 19.9 Å². The van der Waals surface area contributed by atoms with E-state index in [-0.39, 0.29) is 11.8 Å². The first-order valence-corrected chi connectivity index (χ1v) is 9.55. The molecule has 1 saturated heterocycles. The molecule has 1 heterocycles. The Labute approximate surface area is 169 Å². The predicted molar refractivity (Wildman–Crippen MR) is 108 cm³/mol. The monoisotopic (exact) mass is 402 g/mol. The van der Waals surface area contributed by atoms with Crippen molar-refractivity contribution in [1.82, 2.24) is 5.32 Å².